The van der Waals surface area contributed by atoms with Crippen LogP contribution in [0.5, 0.6) is 11.8 Å². The molecule has 0 saturated heterocycles. The van der Waals surface area contributed by atoms with Crippen LogP contribution in [0, 0.1) is 12.4 Å². The van der Waals surface area contributed by atoms with Crippen LogP contribution in [-0.4, -0.2) is 23.3 Å². The summed E-state index contributed by atoms with van der Waals surface area (Å²) in [5.74, 6) is -0.0144. The van der Waals surface area contributed by atoms with Crippen molar-refractivity contribution in [2.45, 2.75) is 26.2 Å². The van der Waals surface area contributed by atoms with E-state index in [1.54, 1.807) is 44.5 Å². The maximum Gasteiger partial charge on any atom is 0.299 e. The van der Waals surface area contributed by atoms with Crippen molar-refractivity contribution in [3.63, 3.8) is 0 Å². The minimum atomic E-state index is -0.666. The number of benzene rings is 2. The van der Waals surface area contributed by atoms with E-state index in [-0.39, 0.29) is 17.3 Å². The van der Waals surface area contributed by atoms with Crippen molar-refractivity contribution >= 4 is 5.69 Å². The molecule has 0 amide bonds. The molecule has 6 nitrogen and oxygen atoms in total. The summed E-state index contributed by atoms with van der Waals surface area (Å²) in [5, 5.41) is 0. The predicted octanol–water partition coefficient (Wildman–Crippen LogP) is 5.38. The van der Waals surface area contributed by atoms with Gasteiger partial charge >= 0.3 is 0 Å². The van der Waals surface area contributed by atoms with E-state index >= 15 is 0 Å². The molecule has 0 spiro atoms. The summed E-state index contributed by atoms with van der Waals surface area (Å²) in [4.78, 5) is 21.0. The van der Waals surface area contributed by atoms with E-state index in [1.807, 2.05) is 0 Å². The van der Waals surface area contributed by atoms with Gasteiger partial charge in [-0.2, -0.15) is 4.98 Å². The quantitative estimate of drug-likeness (QED) is 0.362. The maximum atomic E-state index is 14.4. The Balaban J connectivity index is 2.18. The SMILES string of the molecule is [C-]#[N+]c1ccc(-c2nc(OCCCCC)n(C)c(=O)c2-c2ccc(OC)cc2)cc1F. The monoisotopic (exact) mass is 421 g/mol. The first-order chi connectivity index (χ1) is 15.0. The van der Waals surface area contributed by atoms with Crippen molar-refractivity contribution in [3.05, 3.63) is 70.1 Å². The lowest BCUT2D eigenvalue weighted by Crippen LogP contribution is -2.23. The molecule has 0 radical (unpaired) electrons. The van der Waals surface area contributed by atoms with E-state index in [1.165, 1.54) is 16.7 Å². The van der Waals surface area contributed by atoms with Gasteiger partial charge in [-0.1, -0.05) is 44.0 Å². The lowest BCUT2D eigenvalue weighted by atomic mass is 10.00. The van der Waals surface area contributed by atoms with Crippen molar-refractivity contribution < 1.29 is 13.9 Å². The fourth-order valence-electron chi connectivity index (χ4n) is 3.20. The van der Waals surface area contributed by atoms with Gasteiger partial charge in [-0.3, -0.25) is 9.36 Å². The molecule has 1 heterocycles. The Morgan fingerprint density at radius 3 is 2.45 bits per heavy atom. The second-order valence-corrected chi connectivity index (χ2v) is 7.04. The Bertz CT molecular complexity index is 1160. The Kier molecular flexibility index (Phi) is 7.03. The Hall–Kier alpha value is -3.66. The third-order valence-corrected chi connectivity index (χ3v) is 4.95. The number of hydrogen-bond donors (Lipinski definition) is 0. The van der Waals surface area contributed by atoms with Crippen molar-refractivity contribution in [1.82, 2.24) is 9.55 Å². The van der Waals surface area contributed by atoms with Crippen molar-refractivity contribution in [2.75, 3.05) is 13.7 Å². The number of nitrogens with zero attached hydrogens (tertiary/aromatic N) is 3. The minimum Gasteiger partial charge on any atom is -0.497 e. The zero-order chi connectivity index (χ0) is 22.4. The molecule has 31 heavy (non-hydrogen) atoms. The van der Waals surface area contributed by atoms with Crippen LogP contribution in [0.2, 0.25) is 0 Å². The van der Waals surface area contributed by atoms with E-state index in [2.05, 4.69) is 16.8 Å². The molecule has 3 aromatic rings. The first-order valence-electron chi connectivity index (χ1n) is 10.1. The molecule has 0 bridgehead atoms. The predicted molar refractivity (Wildman–Crippen MR) is 118 cm³/mol. The molecule has 1 aromatic heterocycles. The Morgan fingerprint density at radius 1 is 1.13 bits per heavy atom. The summed E-state index contributed by atoms with van der Waals surface area (Å²) in [6.07, 6.45) is 2.90. The third kappa shape index (κ3) is 4.75. The van der Waals surface area contributed by atoms with Gasteiger partial charge in [-0.25, -0.2) is 9.24 Å². The molecule has 3 rings (SSSR count). The number of rotatable bonds is 8. The molecule has 0 aliphatic carbocycles. The molecule has 0 N–H and O–H groups in total. The highest BCUT2D eigenvalue weighted by Crippen LogP contribution is 2.32. The third-order valence-electron chi connectivity index (χ3n) is 4.95. The van der Waals surface area contributed by atoms with Crippen LogP contribution in [0.15, 0.2) is 47.3 Å². The topological polar surface area (TPSA) is 57.7 Å². The van der Waals surface area contributed by atoms with Crippen LogP contribution in [0.4, 0.5) is 10.1 Å². The maximum absolute atomic E-state index is 14.4. The van der Waals surface area contributed by atoms with E-state index in [0.717, 1.165) is 19.3 Å². The number of aromatic nitrogens is 2. The zero-order valence-electron chi connectivity index (χ0n) is 17.8. The van der Waals surface area contributed by atoms with Gasteiger partial charge in [-0.15, -0.1) is 0 Å². The first kappa shape index (κ1) is 22.0. The minimum absolute atomic E-state index is 0.0883. The van der Waals surface area contributed by atoms with Crippen molar-refractivity contribution in [2.24, 2.45) is 7.05 Å². The number of unbranched alkanes of at least 4 members (excludes halogenated alkanes) is 2. The van der Waals surface area contributed by atoms with Crippen LogP contribution in [0.1, 0.15) is 26.2 Å². The van der Waals surface area contributed by atoms with Crippen LogP contribution in [0.25, 0.3) is 27.2 Å². The first-order valence-corrected chi connectivity index (χ1v) is 10.1. The van der Waals surface area contributed by atoms with Gasteiger partial charge in [0.15, 0.2) is 0 Å². The molecular formula is C24H24FN3O3. The highest BCUT2D eigenvalue weighted by atomic mass is 19.1. The Labute approximate surface area is 180 Å². The molecule has 0 saturated carbocycles. The van der Waals surface area contributed by atoms with Crippen molar-refractivity contribution in [1.29, 1.82) is 0 Å². The van der Waals surface area contributed by atoms with Crippen LogP contribution in [-0.2, 0) is 7.05 Å². The van der Waals surface area contributed by atoms with E-state index in [9.17, 15) is 9.18 Å². The molecule has 0 fully saturated rings. The average molecular weight is 421 g/mol. The summed E-state index contributed by atoms with van der Waals surface area (Å²) in [6, 6.07) is 11.4. The fourth-order valence-corrected chi connectivity index (χ4v) is 3.20. The highest BCUT2D eigenvalue weighted by molar-refractivity contribution is 5.81. The number of halogens is 1. The van der Waals surface area contributed by atoms with Crippen LogP contribution in [0.3, 0.4) is 0 Å². The van der Waals surface area contributed by atoms with Crippen LogP contribution < -0.4 is 15.0 Å². The standard InChI is InChI=1S/C24H24FN3O3/c1-5-6-7-14-31-24-27-22(17-10-13-20(26-2)19(25)15-17)21(23(29)28(24)3)16-8-11-18(30-4)12-9-16/h8-13,15H,5-7,14H2,1,3-4H3. The molecule has 0 atom stereocenters. The van der Waals surface area contributed by atoms with Gasteiger partial charge in [0.05, 0.1) is 31.5 Å². The number of hydrogen-bond acceptors (Lipinski definition) is 4. The normalized spacial score (nSPS) is 10.5. The summed E-state index contributed by atoms with van der Waals surface area (Å²) in [5.41, 5.74) is 1.24. The molecule has 7 heteroatoms. The van der Waals surface area contributed by atoms with Gasteiger partial charge in [0.1, 0.15) is 11.6 Å². The molecule has 0 aliphatic heterocycles. The molecular weight excluding hydrogens is 397 g/mol. The summed E-state index contributed by atoms with van der Waals surface area (Å²) in [7, 11) is 3.16. The van der Waals surface area contributed by atoms with Gasteiger partial charge in [0.2, 0.25) is 5.69 Å². The number of ether oxygens (including phenoxy) is 2. The van der Waals surface area contributed by atoms with Gasteiger partial charge < -0.3 is 9.47 Å². The lowest BCUT2D eigenvalue weighted by molar-refractivity contribution is 0.269. The average Bonchev–Trinajstić information content (AvgIpc) is 2.79. The number of methoxy groups -OCH3 is 1. The molecule has 2 aromatic carbocycles. The van der Waals surface area contributed by atoms with E-state index in [4.69, 9.17) is 16.0 Å². The summed E-state index contributed by atoms with van der Waals surface area (Å²) < 4.78 is 26.7. The van der Waals surface area contributed by atoms with Gasteiger partial charge in [-0.05, 0) is 30.2 Å². The largest absolute Gasteiger partial charge is 0.497 e. The molecule has 0 unspecified atom stereocenters. The molecule has 160 valence electrons. The Morgan fingerprint density at radius 2 is 1.84 bits per heavy atom. The zero-order valence-corrected chi connectivity index (χ0v) is 17.8. The van der Waals surface area contributed by atoms with Crippen LogP contribution >= 0.6 is 0 Å². The van der Waals surface area contributed by atoms with E-state index < -0.39 is 5.82 Å². The van der Waals surface area contributed by atoms with Gasteiger partial charge in [0.25, 0.3) is 11.6 Å². The second-order valence-electron chi connectivity index (χ2n) is 7.04. The van der Waals surface area contributed by atoms with Gasteiger partial charge in [0, 0.05) is 12.6 Å². The lowest BCUT2D eigenvalue weighted by Gasteiger charge is -2.15. The smallest absolute Gasteiger partial charge is 0.299 e. The van der Waals surface area contributed by atoms with Crippen molar-refractivity contribution in [3.8, 4) is 34.1 Å². The highest BCUT2D eigenvalue weighted by Gasteiger charge is 2.20. The summed E-state index contributed by atoms with van der Waals surface area (Å²) in [6.45, 7) is 9.59. The molecule has 0 aliphatic rings. The fraction of sp³-hybridized carbons (Fsp3) is 0.292. The summed E-state index contributed by atoms with van der Waals surface area (Å²) >= 11 is 0. The van der Waals surface area contributed by atoms with E-state index in [0.29, 0.717) is 34.7 Å². The second kappa shape index (κ2) is 9.90.